The zero-order chi connectivity index (χ0) is 11.0. The van der Waals surface area contributed by atoms with E-state index in [1.165, 1.54) is 24.0 Å². The second kappa shape index (κ2) is 7.54. The summed E-state index contributed by atoms with van der Waals surface area (Å²) >= 11 is 0. The molecule has 0 heterocycles. The lowest BCUT2D eigenvalue weighted by Gasteiger charge is -1.97. The molecule has 0 atom stereocenters. The van der Waals surface area contributed by atoms with Gasteiger partial charge in [-0.25, -0.2) is 0 Å². The summed E-state index contributed by atoms with van der Waals surface area (Å²) in [7, 11) is 0. The van der Waals surface area contributed by atoms with Crippen molar-refractivity contribution >= 4 is 5.71 Å². The van der Waals surface area contributed by atoms with Crippen LogP contribution in [0.5, 0.6) is 0 Å². The molecule has 0 unspecified atom stereocenters. The lowest BCUT2D eigenvalue weighted by Crippen LogP contribution is -1.87. The molecule has 1 heteroatoms. The summed E-state index contributed by atoms with van der Waals surface area (Å²) in [5.74, 6) is 0. The first-order valence-electron chi connectivity index (χ1n) is 5.47. The van der Waals surface area contributed by atoms with Gasteiger partial charge in [0.15, 0.2) is 0 Å². The molecule has 0 rings (SSSR count). The Labute approximate surface area is 88.6 Å². The number of rotatable bonds is 5. The SMILES string of the molecule is CCC/C(C)=C/C(C)=N\C=C(\C)CC. The van der Waals surface area contributed by atoms with Crippen molar-refractivity contribution in [2.75, 3.05) is 0 Å². The summed E-state index contributed by atoms with van der Waals surface area (Å²) in [5.41, 5.74) is 3.84. The first-order valence-corrected chi connectivity index (χ1v) is 5.47. The molecular weight excluding hydrogens is 170 g/mol. The van der Waals surface area contributed by atoms with Crippen molar-refractivity contribution in [2.45, 2.75) is 53.9 Å². The molecule has 0 aliphatic rings. The maximum absolute atomic E-state index is 4.40. The summed E-state index contributed by atoms with van der Waals surface area (Å²) in [6.45, 7) is 10.7. The molecule has 0 radical (unpaired) electrons. The quantitative estimate of drug-likeness (QED) is 0.570. The van der Waals surface area contributed by atoms with E-state index in [0.29, 0.717) is 0 Å². The molecule has 80 valence electrons. The van der Waals surface area contributed by atoms with Gasteiger partial charge in [-0.05, 0) is 39.7 Å². The molecule has 0 amide bonds. The lowest BCUT2D eigenvalue weighted by atomic mass is 10.1. The van der Waals surface area contributed by atoms with Crippen LogP contribution in [0, 0.1) is 0 Å². The summed E-state index contributed by atoms with van der Waals surface area (Å²) in [5, 5.41) is 0. The van der Waals surface area contributed by atoms with Gasteiger partial charge in [-0.1, -0.05) is 31.4 Å². The Morgan fingerprint density at radius 1 is 1.07 bits per heavy atom. The third-order valence-electron chi connectivity index (χ3n) is 2.15. The molecule has 0 fully saturated rings. The summed E-state index contributed by atoms with van der Waals surface area (Å²) in [4.78, 5) is 4.40. The highest BCUT2D eigenvalue weighted by Gasteiger charge is 1.89. The molecule has 0 aromatic carbocycles. The highest BCUT2D eigenvalue weighted by Crippen LogP contribution is 2.04. The molecule has 14 heavy (non-hydrogen) atoms. The first-order chi connectivity index (χ1) is 6.60. The molecule has 1 nitrogen and oxygen atoms in total. The predicted octanol–water partition coefficient (Wildman–Crippen LogP) is 4.51. The van der Waals surface area contributed by atoms with Crippen LogP contribution in [-0.4, -0.2) is 5.71 Å². The van der Waals surface area contributed by atoms with Crippen molar-refractivity contribution in [3.63, 3.8) is 0 Å². The van der Waals surface area contributed by atoms with Crippen molar-refractivity contribution in [2.24, 2.45) is 4.99 Å². The maximum Gasteiger partial charge on any atom is 0.0372 e. The van der Waals surface area contributed by atoms with Crippen molar-refractivity contribution in [1.82, 2.24) is 0 Å². The van der Waals surface area contributed by atoms with Crippen LogP contribution in [-0.2, 0) is 0 Å². The van der Waals surface area contributed by atoms with E-state index >= 15 is 0 Å². The van der Waals surface area contributed by atoms with E-state index in [9.17, 15) is 0 Å². The highest BCUT2D eigenvalue weighted by atomic mass is 14.7. The van der Waals surface area contributed by atoms with Crippen molar-refractivity contribution in [3.8, 4) is 0 Å². The molecule has 0 spiro atoms. The Kier molecular flexibility index (Phi) is 7.09. The van der Waals surface area contributed by atoms with Gasteiger partial charge in [0.2, 0.25) is 0 Å². The van der Waals surface area contributed by atoms with E-state index < -0.39 is 0 Å². The van der Waals surface area contributed by atoms with Gasteiger partial charge in [-0.2, -0.15) is 0 Å². The van der Waals surface area contributed by atoms with Crippen LogP contribution in [0.25, 0.3) is 0 Å². The lowest BCUT2D eigenvalue weighted by molar-refractivity contribution is 0.907. The highest BCUT2D eigenvalue weighted by molar-refractivity contribution is 5.93. The topological polar surface area (TPSA) is 12.4 Å². The largest absolute Gasteiger partial charge is 0.262 e. The number of allylic oxidation sites excluding steroid dienone is 3. The third-order valence-corrected chi connectivity index (χ3v) is 2.15. The van der Waals surface area contributed by atoms with Crippen LogP contribution in [0.3, 0.4) is 0 Å². The number of nitrogens with zero attached hydrogens (tertiary/aromatic N) is 1. The van der Waals surface area contributed by atoms with Crippen LogP contribution in [0.1, 0.15) is 53.9 Å². The molecular formula is C13H23N. The zero-order valence-electron chi connectivity index (χ0n) is 10.2. The van der Waals surface area contributed by atoms with Gasteiger partial charge in [0.25, 0.3) is 0 Å². The monoisotopic (exact) mass is 193 g/mol. The van der Waals surface area contributed by atoms with Crippen LogP contribution >= 0.6 is 0 Å². The normalized spacial score (nSPS) is 14.8. The zero-order valence-corrected chi connectivity index (χ0v) is 10.2. The maximum atomic E-state index is 4.40. The van der Waals surface area contributed by atoms with E-state index in [-0.39, 0.29) is 0 Å². The van der Waals surface area contributed by atoms with Gasteiger partial charge in [-0.15, -0.1) is 0 Å². The summed E-state index contributed by atoms with van der Waals surface area (Å²) < 4.78 is 0. The fourth-order valence-electron chi connectivity index (χ4n) is 1.16. The second-order valence-corrected chi connectivity index (χ2v) is 3.84. The van der Waals surface area contributed by atoms with Crippen LogP contribution in [0.15, 0.2) is 28.4 Å². The van der Waals surface area contributed by atoms with Crippen molar-refractivity contribution in [3.05, 3.63) is 23.4 Å². The van der Waals surface area contributed by atoms with Crippen molar-refractivity contribution < 1.29 is 0 Å². The van der Waals surface area contributed by atoms with Crippen LogP contribution in [0.4, 0.5) is 0 Å². The number of hydrogen-bond donors (Lipinski definition) is 0. The van der Waals surface area contributed by atoms with Gasteiger partial charge < -0.3 is 0 Å². The number of aliphatic imine (C=N–C) groups is 1. The average molecular weight is 193 g/mol. The van der Waals surface area contributed by atoms with Gasteiger partial charge >= 0.3 is 0 Å². The fraction of sp³-hybridized carbons (Fsp3) is 0.615. The Bertz CT molecular complexity index is 244. The first kappa shape index (κ1) is 13.2. The summed E-state index contributed by atoms with van der Waals surface area (Å²) in [6.07, 6.45) is 7.59. The Balaban J connectivity index is 4.32. The van der Waals surface area contributed by atoms with Crippen molar-refractivity contribution in [1.29, 1.82) is 0 Å². The minimum Gasteiger partial charge on any atom is -0.262 e. The predicted molar refractivity (Wildman–Crippen MR) is 65.8 cm³/mol. The molecule has 0 saturated heterocycles. The van der Waals surface area contributed by atoms with E-state index in [4.69, 9.17) is 0 Å². The van der Waals surface area contributed by atoms with Gasteiger partial charge in [-0.3, -0.25) is 4.99 Å². The molecule has 0 aromatic heterocycles. The van der Waals surface area contributed by atoms with E-state index in [0.717, 1.165) is 12.1 Å². The standard InChI is InChI=1S/C13H23N/c1-6-8-12(4)9-13(5)14-10-11(3)7-2/h9-10H,6-8H2,1-5H3/b11-10-,12-9+,14-13-. The van der Waals surface area contributed by atoms with Crippen LogP contribution < -0.4 is 0 Å². The van der Waals surface area contributed by atoms with E-state index in [2.05, 4.69) is 45.7 Å². The molecule has 0 aliphatic carbocycles. The average Bonchev–Trinajstić information content (AvgIpc) is 2.14. The van der Waals surface area contributed by atoms with E-state index in [1.807, 2.05) is 6.20 Å². The molecule has 0 aromatic rings. The second-order valence-electron chi connectivity index (χ2n) is 3.84. The van der Waals surface area contributed by atoms with Gasteiger partial charge in [0.1, 0.15) is 0 Å². The Hall–Kier alpha value is -0.850. The molecule has 0 N–H and O–H groups in total. The molecule has 0 aliphatic heterocycles. The fourth-order valence-corrected chi connectivity index (χ4v) is 1.16. The smallest absolute Gasteiger partial charge is 0.0372 e. The van der Waals surface area contributed by atoms with E-state index in [1.54, 1.807) is 0 Å². The number of hydrogen-bond acceptors (Lipinski definition) is 1. The third kappa shape index (κ3) is 6.64. The van der Waals surface area contributed by atoms with Gasteiger partial charge in [0, 0.05) is 11.9 Å². The van der Waals surface area contributed by atoms with Crippen LogP contribution in [0.2, 0.25) is 0 Å². The minimum atomic E-state index is 1.08. The minimum absolute atomic E-state index is 1.08. The molecule has 0 saturated carbocycles. The Morgan fingerprint density at radius 3 is 2.21 bits per heavy atom. The van der Waals surface area contributed by atoms with Gasteiger partial charge in [0.05, 0.1) is 0 Å². The summed E-state index contributed by atoms with van der Waals surface area (Å²) in [6, 6.07) is 0. The Morgan fingerprint density at radius 2 is 1.71 bits per heavy atom. The molecule has 0 bridgehead atoms.